The lowest BCUT2D eigenvalue weighted by Gasteiger charge is -2.12. The second-order valence-corrected chi connectivity index (χ2v) is 6.21. The molecule has 104 valence electrons. The third kappa shape index (κ3) is 5.28. The van der Waals surface area contributed by atoms with Crippen molar-refractivity contribution in [2.24, 2.45) is 0 Å². The number of nitrogens with zero attached hydrogens (tertiary/aromatic N) is 1. The van der Waals surface area contributed by atoms with Gasteiger partial charge in [0.1, 0.15) is 18.4 Å². The van der Waals surface area contributed by atoms with Crippen molar-refractivity contribution in [2.45, 2.75) is 24.3 Å². The molecule has 0 bridgehead atoms. The summed E-state index contributed by atoms with van der Waals surface area (Å²) in [6, 6.07) is 7.90. The standard InChI is InChI=1S/C13H18N2O3S/c1-3-8-15-11(9-14)10-18-12-4-6-13(7-5-12)19(2,16)17/h4-7,11,15H,3,8,10H2,1-2H3. The van der Waals surface area contributed by atoms with Crippen molar-refractivity contribution in [1.82, 2.24) is 5.32 Å². The molecule has 0 radical (unpaired) electrons. The van der Waals surface area contributed by atoms with Crippen LogP contribution in [-0.2, 0) is 9.84 Å². The summed E-state index contributed by atoms with van der Waals surface area (Å²) in [6.45, 7) is 3.01. The van der Waals surface area contributed by atoms with Crippen LogP contribution in [0.25, 0.3) is 0 Å². The van der Waals surface area contributed by atoms with Gasteiger partial charge in [0, 0.05) is 6.26 Å². The zero-order valence-electron chi connectivity index (χ0n) is 11.1. The average molecular weight is 282 g/mol. The minimum absolute atomic E-state index is 0.231. The molecule has 6 heteroatoms. The molecule has 1 atom stereocenters. The highest BCUT2D eigenvalue weighted by Gasteiger charge is 2.09. The van der Waals surface area contributed by atoms with Crippen LogP contribution in [0.3, 0.4) is 0 Å². The van der Waals surface area contributed by atoms with Gasteiger partial charge < -0.3 is 4.74 Å². The summed E-state index contributed by atoms with van der Waals surface area (Å²) < 4.78 is 28.0. The molecule has 0 fully saturated rings. The minimum Gasteiger partial charge on any atom is -0.491 e. The van der Waals surface area contributed by atoms with Crippen molar-refractivity contribution in [3.05, 3.63) is 24.3 Å². The maximum atomic E-state index is 11.3. The van der Waals surface area contributed by atoms with Crippen molar-refractivity contribution in [2.75, 3.05) is 19.4 Å². The number of hydrogen-bond donors (Lipinski definition) is 1. The fourth-order valence-corrected chi connectivity index (χ4v) is 2.05. The molecule has 1 unspecified atom stereocenters. The molecular formula is C13H18N2O3S. The Kier molecular flexibility index (Phi) is 5.80. The first kappa shape index (κ1) is 15.5. The Morgan fingerprint density at radius 1 is 1.37 bits per heavy atom. The summed E-state index contributed by atoms with van der Waals surface area (Å²) in [7, 11) is -3.19. The van der Waals surface area contributed by atoms with E-state index >= 15 is 0 Å². The van der Waals surface area contributed by atoms with E-state index in [1.807, 2.05) is 6.92 Å². The Balaban J connectivity index is 2.57. The predicted molar refractivity (Wildman–Crippen MR) is 72.7 cm³/mol. The van der Waals surface area contributed by atoms with Gasteiger partial charge in [-0.25, -0.2) is 8.42 Å². The summed E-state index contributed by atoms with van der Waals surface area (Å²) >= 11 is 0. The summed E-state index contributed by atoms with van der Waals surface area (Å²) in [5.74, 6) is 0.547. The van der Waals surface area contributed by atoms with Crippen LogP contribution in [0.2, 0.25) is 0 Å². The van der Waals surface area contributed by atoms with Crippen molar-refractivity contribution in [3.8, 4) is 11.8 Å². The molecule has 1 rings (SSSR count). The summed E-state index contributed by atoms with van der Waals surface area (Å²) in [5.41, 5.74) is 0. The zero-order valence-corrected chi connectivity index (χ0v) is 11.9. The Hall–Kier alpha value is -1.58. The number of benzene rings is 1. The molecule has 0 heterocycles. The van der Waals surface area contributed by atoms with Crippen LogP contribution in [-0.4, -0.2) is 33.9 Å². The lowest BCUT2D eigenvalue weighted by atomic mass is 10.3. The van der Waals surface area contributed by atoms with Gasteiger partial charge in [0.2, 0.25) is 0 Å². The molecule has 0 aliphatic rings. The van der Waals surface area contributed by atoms with E-state index < -0.39 is 9.84 Å². The monoisotopic (exact) mass is 282 g/mol. The molecule has 1 aromatic carbocycles. The van der Waals surface area contributed by atoms with E-state index in [0.29, 0.717) is 5.75 Å². The van der Waals surface area contributed by atoms with E-state index in [1.54, 1.807) is 12.1 Å². The van der Waals surface area contributed by atoms with Gasteiger partial charge in [0.15, 0.2) is 9.84 Å². The smallest absolute Gasteiger partial charge is 0.175 e. The lowest BCUT2D eigenvalue weighted by molar-refractivity contribution is 0.289. The van der Waals surface area contributed by atoms with Crippen molar-refractivity contribution in [3.63, 3.8) is 0 Å². The quantitative estimate of drug-likeness (QED) is 0.817. The van der Waals surface area contributed by atoms with Gasteiger partial charge in [-0.05, 0) is 37.2 Å². The first-order chi connectivity index (χ1) is 8.97. The van der Waals surface area contributed by atoms with Gasteiger partial charge in [0.25, 0.3) is 0 Å². The van der Waals surface area contributed by atoms with Crippen LogP contribution >= 0.6 is 0 Å². The second kappa shape index (κ2) is 7.12. The van der Waals surface area contributed by atoms with Gasteiger partial charge in [-0.1, -0.05) is 6.92 Å². The fraction of sp³-hybridized carbons (Fsp3) is 0.462. The van der Waals surface area contributed by atoms with Crippen LogP contribution in [0.5, 0.6) is 5.75 Å². The van der Waals surface area contributed by atoms with E-state index in [2.05, 4.69) is 11.4 Å². The number of sulfone groups is 1. The van der Waals surface area contributed by atoms with Crippen molar-refractivity contribution in [1.29, 1.82) is 5.26 Å². The molecular weight excluding hydrogens is 264 g/mol. The maximum Gasteiger partial charge on any atom is 0.175 e. The molecule has 0 saturated heterocycles. The second-order valence-electron chi connectivity index (χ2n) is 4.19. The highest BCUT2D eigenvalue weighted by atomic mass is 32.2. The molecule has 0 aliphatic carbocycles. The molecule has 19 heavy (non-hydrogen) atoms. The third-order valence-corrected chi connectivity index (χ3v) is 3.59. The summed E-state index contributed by atoms with van der Waals surface area (Å²) in [5, 5.41) is 12.0. The summed E-state index contributed by atoms with van der Waals surface area (Å²) in [6.07, 6.45) is 2.10. The van der Waals surface area contributed by atoms with Crippen LogP contribution in [0.1, 0.15) is 13.3 Å². The maximum absolute atomic E-state index is 11.3. The number of ether oxygens (including phenoxy) is 1. The van der Waals surface area contributed by atoms with Crippen molar-refractivity contribution < 1.29 is 13.2 Å². The fourth-order valence-electron chi connectivity index (χ4n) is 1.42. The molecule has 0 aliphatic heterocycles. The number of nitriles is 1. The molecule has 5 nitrogen and oxygen atoms in total. The van der Waals surface area contributed by atoms with Gasteiger partial charge in [-0.2, -0.15) is 5.26 Å². The first-order valence-corrected chi connectivity index (χ1v) is 7.92. The van der Waals surface area contributed by atoms with Crippen molar-refractivity contribution >= 4 is 9.84 Å². The molecule has 0 spiro atoms. The SMILES string of the molecule is CCCNC(C#N)COc1ccc(S(C)(=O)=O)cc1. The number of rotatable bonds is 7. The van der Waals surface area contributed by atoms with Gasteiger partial charge >= 0.3 is 0 Å². The Labute approximate surface area is 114 Å². The van der Waals surface area contributed by atoms with E-state index in [1.165, 1.54) is 12.1 Å². The molecule has 0 amide bonds. The van der Waals surface area contributed by atoms with Gasteiger partial charge in [-0.15, -0.1) is 0 Å². The largest absolute Gasteiger partial charge is 0.491 e. The van der Waals surface area contributed by atoms with Crippen LogP contribution < -0.4 is 10.1 Å². The lowest BCUT2D eigenvalue weighted by Crippen LogP contribution is -2.33. The molecule has 0 saturated carbocycles. The van der Waals surface area contributed by atoms with Crippen LogP contribution in [0.4, 0.5) is 0 Å². The van der Waals surface area contributed by atoms with Crippen LogP contribution in [0.15, 0.2) is 29.2 Å². The predicted octanol–water partition coefficient (Wildman–Crippen LogP) is 1.36. The van der Waals surface area contributed by atoms with E-state index in [9.17, 15) is 8.42 Å². The highest BCUT2D eigenvalue weighted by molar-refractivity contribution is 7.90. The van der Waals surface area contributed by atoms with E-state index in [-0.39, 0.29) is 17.5 Å². The summed E-state index contributed by atoms with van der Waals surface area (Å²) in [4.78, 5) is 0.251. The first-order valence-electron chi connectivity index (χ1n) is 6.03. The minimum atomic E-state index is -3.19. The normalized spacial score (nSPS) is 12.7. The Morgan fingerprint density at radius 2 is 2.00 bits per heavy atom. The number of hydrogen-bond acceptors (Lipinski definition) is 5. The highest BCUT2D eigenvalue weighted by Crippen LogP contribution is 2.15. The van der Waals surface area contributed by atoms with Crippen LogP contribution in [0, 0.1) is 11.3 Å². The topological polar surface area (TPSA) is 79.2 Å². The Morgan fingerprint density at radius 3 is 2.47 bits per heavy atom. The van der Waals surface area contributed by atoms with Gasteiger partial charge in [0.05, 0.1) is 11.0 Å². The third-order valence-electron chi connectivity index (χ3n) is 2.47. The zero-order chi connectivity index (χ0) is 14.3. The molecule has 0 aromatic heterocycles. The average Bonchev–Trinajstić information content (AvgIpc) is 2.38. The Bertz CT molecular complexity index is 532. The number of nitrogens with one attached hydrogen (secondary N) is 1. The van der Waals surface area contributed by atoms with E-state index in [0.717, 1.165) is 19.2 Å². The van der Waals surface area contributed by atoms with E-state index in [4.69, 9.17) is 10.00 Å². The molecule has 1 N–H and O–H groups in total. The molecule has 1 aromatic rings. The van der Waals surface area contributed by atoms with Gasteiger partial charge in [-0.3, -0.25) is 5.32 Å².